The highest BCUT2D eigenvalue weighted by Crippen LogP contribution is 2.41. The van der Waals surface area contributed by atoms with Gasteiger partial charge in [-0.05, 0) is 63.4 Å². The molecule has 1 aromatic heterocycles. The molecule has 1 saturated carbocycles. The number of anilines is 1. The third-order valence-electron chi connectivity index (χ3n) is 6.31. The van der Waals surface area contributed by atoms with E-state index in [0.29, 0.717) is 16.6 Å². The summed E-state index contributed by atoms with van der Waals surface area (Å²) in [5.41, 5.74) is 0.0708. The number of aromatic nitrogens is 1. The molecular weight excluding hydrogens is 421 g/mol. The Kier molecular flexibility index (Phi) is 6.46. The number of carbonyl (C=O) groups is 1. The number of nitrogens with zero attached hydrogens (tertiary/aromatic N) is 2. The second-order valence-electron chi connectivity index (χ2n) is 8.60. The number of ether oxygens (including phenoxy) is 1. The number of alkyl halides is 3. The predicted octanol–water partition coefficient (Wildman–Crippen LogP) is 4.30. The summed E-state index contributed by atoms with van der Waals surface area (Å²) in [5, 5.41) is 6.30. The highest BCUT2D eigenvalue weighted by molar-refractivity contribution is 6.07. The first-order valence-corrected chi connectivity index (χ1v) is 11.2. The number of fused-ring (bicyclic) bond motifs is 1. The van der Waals surface area contributed by atoms with Crippen LogP contribution in [-0.2, 0) is 6.18 Å². The Morgan fingerprint density at radius 1 is 1.22 bits per heavy atom. The average Bonchev–Trinajstić information content (AvgIpc) is 3.59. The third-order valence-corrected chi connectivity index (χ3v) is 6.31. The molecule has 9 heteroatoms. The molecular formula is C23H29F3N4O2. The molecule has 1 amide bonds. The molecule has 2 heterocycles. The number of nitrogens with one attached hydrogen (secondary N) is 2. The van der Waals surface area contributed by atoms with Crippen LogP contribution in [0.4, 0.5) is 18.9 Å². The molecule has 0 bridgehead atoms. The van der Waals surface area contributed by atoms with E-state index in [1.807, 2.05) is 0 Å². The molecule has 0 spiro atoms. The Morgan fingerprint density at radius 3 is 2.53 bits per heavy atom. The van der Waals surface area contributed by atoms with Crippen LogP contribution in [-0.4, -0.2) is 55.1 Å². The van der Waals surface area contributed by atoms with Gasteiger partial charge in [-0.3, -0.25) is 9.78 Å². The molecule has 1 aliphatic carbocycles. The molecule has 6 nitrogen and oxygen atoms in total. The summed E-state index contributed by atoms with van der Waals surface area (Å²) >= 11 is 0. The smallest absolute Gasteiger partial charge is 0.420 e. The van der Waals surface area contributed by atoms with E-state index in [0.717, 1.165) is 51.4 Å². The van der Waals surface area contributed by atoms with Crippen LogP contribution in [0, 0.1) is 5.92 Å². The molecule has 2 aliphatic rings. The van der Waals surface area contributed by atoms with Crippen LogP contribution in [0.25, 0.3) is 10.9 Å². The van der Waals surface area contributed by atoms with Crippen LogP contribution in [0.5, 0.6) is 5.75 Å². The lowest BCUT2D eigenvalue weighted by molar-refractivity contribution is -0.139. The zero-order valence-electron chi connectivity index (χ0n) is 18.4. The van der Waals surface area contributed by atoms with Gasteiger partial charge in [0.25, 0.3) is 5.91 Å². The molecule has 1 aromatic carbocycles. The lowest BCUT2D eigenvalue weighted by Crippen LogP contribution is -2.35. The van der Waals surface area contributed by atoms with E-state index >= 15 is 0 Å². The maximum atomic E-state index is 13.8. The fourth-order valence-electron chi connectivity index (χ4n) is 4.17. The zero-order chi connectivity index (χ0) is 22.9. The Morgan fingerprint density at radius 2 is 1.94 bits per heavy atom. The first kappa shape index (κ1) is 22.6. The van der Waals surface area contributed by atoms with E-state index in [4.69, 9.17) is 4.74 Å². The standard InChI is InChI=1S/C23H29F3N4O2/c1-3-30-8-6-14(7-9-30)13-32-20-10-16-19(11-18(20)23(24,25)26)28-12-17(21(16)27-2)22(31)29-15-4-5-15/h10-12,14-15H,3-9,13H2,1-2H3,(H,27,28)(H,29,31). The van der Waals surface area contributed by atoms with Gasteiger partial charge >= 0.3 is 6.18 Å². The third kappa shape index (κ3) is 4.92. The van der Waals surface area contributed by atoms with Gasteiger partial charge in [-0.15, -0.1) is 0 Å². The fraction of sp³-hybridized carbons (Fsp3) is 0.565. The molecule has 2 aromatic rings. The number of hydrogen-bond acceptors (Lipinski definition) is 5. The largest absolute Gasteiger partial charge is 0.493 e. The molecule has 0 radical (unpaired) electrons. The number of pyridine rings is 1. The van der Waals surface area contributed by atoms with Crippen LogP contribution in [0.1, 0.15) is 48.5 Å². The average molecular weight is 451 g/mol. The summed E-state index contributed by atoms with van der Waals surface area (Å²) in [6, 6.07) is 2.54. The second kappa shape index (κ2) is 9.13. The SMILES string of the molecule is CCN1CCC(COc2cc3c(NC)c(C(=O)NC4CC4)cnc3cc2C(F)(F)F)CC1. The summed E-state index contributed by atoms with van der Waals surface area (Å²) in [5.74, 6) is -0.288. The summed E-state index contributed by atoms with van der Waals surface area (Å²) in [6.07, 6.45) is 0.430. The molecule has 0 atom stereocenters. The Bertz CT molecular complexity index is 983. The zero-order valence-corrected chi connectivity index (χ0v) is 18.4. The minimum absolute atomic E-state index is 0.160. The van der Waals surface area contributed by atoms with E-state index in [-0.39, 0.29) is 35.7 Å². The van der Waals surface area contributed by atoms with Gasteiger partial charge in [-0.2, -0.15) is 13.2 Å². The molecule has 32 heavy (non-hydrogen) atoms. The number of likely N-dealkylation sites (tertiary alicyclic amines) is 1. The Hall–Kier alpha value is -2.55. The van der Waals surface area contributed by atoms with Crippen LogP contribution in [0.15, 0.2) is 18.3 Å². The quantitative estimate of drug-likeness (QED) is 0.659. The molecule has 1 aliphatic heterocycles. The molecule has 0 unspecified atom stereocenters. The van der Waals surface area contributed by atoms with Crippen LogP contribution in [0.2, 0.25) is 0 Å². The summed E-state index contributed by atoms with van der Waals surface area (Å²) < 4.78 is 47.1. The lowest BCUT2D eigenvalue weighted by Gasteiger charge is -2.31. The minimum atomic E-state index is -4.57. The van der Waals surface area contributed by atoms with Gasteiger partial charge in [0.15, 0.2) is 0 Å². The monoisotopic (exact) mass is 450 g/mol. The van der Waals surface area contributed by atoms with Gasteiger partial charge in [0.1, 0.15) is 5.75 Å². The Labute approximate surface area is 185 Å². The number of benzene rings is 1. The number of halogens is 3. The van der Waals surface area contributed by atoms with Gasteiger partial charge in [-0.25, -0.2) is 0 Å². The normalized spacial score (nSPS) is 18.0. The van der Waals surface area contributed by atoms with Crippen molar-refractivity contribution >= 4 is 22.5 Å². The highest BCUT2D eigenvalue weighted by atomic mass is 19.4. The molecule has 4 rings (SSSR count). The van der Waals surface area contributed by atoms with Crippen LogP contribution >= 0.6 is 0 Å². The number of piperidine rings is 1. The summed E-state index contributed by atoms with van der Waals surface area (Å²) in [6.45, 7) is 5.18. The van der Waals surface area contributed by atoms with E-state index in [2.05, 4.69) is 27.4 Å². The number of amides is 1. The topological polar surface area (TPSA) is 66.5 Å². The van der Waals surface area contributed by atoms with Gasteiger partial charge in [0, 0.05) is 24.7 Å². The van der Waals surface area contributed by atoms with Crippen molar-refractivity contribution in [2.75, 3.05) is 38.6 Å². The van der Waals surface area contributed by atoms with Crippen LogP contribution in [0.3, 0.4) is 0 Å². The van der Waals surface area contributed by atoms with Crippen molar-refractivity contribution in [3.63, 3.8) is 0 Å². The van der Waals surface area contributed by atoms with Gasteiger partial charge in [0.2, 0.25) is 0 Å². The van der Waals surface area contributed by atoms with E-state index in [9.17, 15) is 18.0 Å². The first-order chi connectivity index (χ1) is 15.3. The number of rotatable bonds is 7. The van der Waals surface area contributed by atoms with Crippen molar-refractivity contribution in [3.05, 3.63) is 29.5 Å². The van der Waals surface area contributed by atoms with E-state index < -0.39 is 11.7 Å². The minimum Gasteiger partial charge on any atom is -0.493 e. The van der Waals surface area contributed by atoms with Crippen molar-refractivity contribution in [1.82, 2.24) is 15.2 Å². The summed E-state index contributed by atoms with van der Waals surface area (Å²) in [7, 11) is 1.64. The van der Waals surface area contributed by atoms with Crippen LogP contribution < -0.4 is 15.4 Å². The molecule has 174 valence electrons. The van der Waals surface area contributed by atoms with Crippen molar-refractivity contribution in [1.29, 1.82) is 0 Å². The van der Waals surface area contributed by atoms with Gasteiger partial charge < -0.3 is 20.3 Å². The fourth-order valence-corrected chi connectivity index (χ4v) is 4.17. The first-order valence-electron chi connectivity index (χ1n) is 11.2. The van der Waals surface area contributed by atoms with E-state index in [1.54, 1.807) is 7.05 Å². The summed E-state index contributed by atoms with van der Waals surface area (Å²) in [4.78, 5) is 19.1. The van der Waals surface area contributed by atoms with Crippen molar-refractivity contribution in [2.45, 2.75) is 44.8 Å². The maximum absolute atomic E-state index is 13.8. The number of hydrogen-bond donors (Lipinski definition) is 2. The Balaban J connectivity index is 1.65. The van der Waals surface area contributed by atoms with Crippen molar-refractivity contribution < 1.29 is 22.7 Å². The number of carbonyl (C=O) groups excluding carboxylic acids is 1. The van der Waals surface area contributed by atoms with Gasteiger partial charge in [-0.1, -0.05) is 6.92 Å². The lowest BCUT2D eigenvalue weighted by atomic mass is 9.98. The van der Waals surface area contributed by atoms with Gasteiger partial charge in [0.05, 0.1) is 28.9 Å². The molecule has 1 saturated heterocycles. The highest BCUT2D eigenvalue weighted by Gasteiger charge is 2.36. The second-order valence-corrected chi connectivity index (χ2v) is 8.60. The maximum Gasteiger partial charge on any atom is 0.420 e. The predicted molar refractivity (Wildman–Crippen MR) is 117 cm³/mol. The van der Waals surface area contributed by atoms with E-state index in [1.165, 1.54) is 12.3 Å². The van der Waals surface area contributed by atoms with Crippen molar-refractivity contribution in [3.8, 4) is 5.75 Å². The molecule has 2 fully saturated rings. The molecule has 2 N–H and O–H groups in total. The van der Waals surface area contributed by atoms with Crippen molar-refractivity contribution in [2.24, 2.45) is 5.92 Å².